The first-order valence-electron chi connectivity index (χ1n) is 9.84. The fraction of sp³-hybridized carbons (Fsp3) is 0.550. The molecule has 2 aliphatic rings. The molecule has 9 heteroatoms. The smallest absolute Gasteiger partial charge is 0.236 e. The first-order chi connectivity index (χ1) is 13.1. The van der Waals surface area contributed by atoms with Crippen LogP contribution in [0.25, 0.3) is 11.0 Å². The van der Waals surface area contributed by atoms with Crippen molar-refractivity contribution < 1.29 is 9.59 Å². The van der Waals surface area contributed by atoms with Crippen LogP contribution in [-0.2, 0) is 16.0 Å². The molecule has 0 aliphatic carbocycles. The highest BCUT2D eigenvalue weighted by molar-refractivity contribution is 5.85. The molecule has 2 aromatic rings. The van der Waals surface area contributed by atoms with Crippen LogP contribution in [-0.4, -0.2) is 70.3 Å². The first-order valence-corrected chi connectivity index (χ1v) is 9.84. The van der Waals surface area contributed by atoms with E-state index < -0.39 is 0 Å². The summed E-state index contributed by atoms with van der Waals surface area (Å²) < 4.78 is 0. The standard InChI is InChI=1S/C20H27N5O2.2ClH/c1-14-4-2-6-16-20(14)23-17(22-16)7-8-18(26)24-10-3-5-15(13-24)25-11-9-21-12-19(25)27;;/h2,4,6,15,21H,3,5,7-13H2,1H3,(H,22,23);2*1H. The Morgan fingerprint density at radius 1 is 1.28 bits per heavy atom. The summed E-state index contributed by atoms with van der Waals surface area (Å²) in [5, 5.41) is 3.11. The summed E-state index contributed by atoms with van der Waals surface area (Å²) in [4.78, 5) is 36.7. The second-order valence-corrected chi connectivity index (χ2v) is 7.55. The third kappa shape index (κ3) is 5.21. The van der Waals surface area contributed by atoms with Crippen molar-refractivity contribution in [2.75, 3.05) is 32.7 Å². The van der Waals surface area contributed by atoms with E-state index in [4.69, 9.17) is 0 Å². The average molecular weight is 442 g/mol. The van der Waals surface area contributed by atoms with Crippen LogP contribution in [0.3, 0.4) is 0 Å². The van der Waals surface area contributed by atoms with E-state index in [1.807, 2.05) is 34.9 Å². The van der Waals surface area contributed by atoms with E-state index in [9.17, 15) is 9.59 Å². The molecule has 0 radical (unpaired) electrons. The van der Waals surface area contributed by atoms with Gasteiger partial charge in [0.15, 0.2) is 0 Å². The predicted molar refractivity (Wildman–Crippen MR) is 118 cm³/mol. The topological polar surface area (TPSA) is 81.3 Å². The van der Waals surface area contributed by atoms with Crippen LogP contribution in [0.1, 0.15) is 30.7 Å². The Morgan fingerprint density at radius 2 is 2.10 bits per heavy atom. The maximum absolute atomic E-state index is 12.7. The molecule has 1 unspecified atom stereocenters. The van der Waals surface area contributed by atoms with E-state index in [1.54, 1.807) is 0 Å². The number of aromatic amines is 1. The number of para-hydroxylation sites is 1. The zero-order valence-corrected chi connectivity index (χ0v) is 18.3. The quantitative estimate of drug-likeness (QED) is 0.760. The van der Waals surface area contributed by atoms with Crippen molar-refractivity contribution in [3.05, 3.63) is 29.6 Å². The van der Waals surface area contributed by atoms with Gasteiger partial charge >= 0.3 is 0 Å². The third-order valence-corrected chi connectivity index (χ3v) is 5.66. The minimum atomic E-state index is 0. The number of fused-ring (bicyclic) bond motifs is 1. The number of amides is 2. The normalized spacial score (nSPS) is 19.6. The predicted octanol–water partition coefficient (Wildman–Crippen LogP) is 2.07. The molecule has 1 atom stereocenters. The molecule has 0 saturated carbocycles. The highest BCUT2D eigenvalue weighted by Gasteiger charge is 2.31. The number of H-pyrrole nitrogens is 1. The van der Waals surface area contributed by atoms with Gasteiger partial charge in [0.05, 0.1) is 17.6 Å². The third-order valence-electron chi connectivity index (χ3n) is 5.66. The van der Waals surface area contributed by atoms with Crippen LogP contribution in [0, 0.1) is 6.92 Å². The minimum Gasteiger partial charge on any atom is -0.342 e. The second kappa shape index (κ2) is 10.3. The molecular formula is C20H29Cl2N5O2. The maximum Gasteiger partial charge on any atom is 0.236 e. The van der Waals surface area contributed by atoms with E-state index in [0.717, 1.165) is 54.9 Å². The van der Waals surface area contributed by atoms with Crippen LogP contribution in [0.4, 0.5) is 0 Å². The van der Waals surface area contributed by atoms with Crippen molar-refractivity contribution in [3.8, 4) is 0 Å². The number of aryl methyl sites for hydroxylation is 2. The largest absolute Gasteiger partial charge is 0.342 e. The number of rotatable bonds is 4. The Kier molecular flexibility index (Phi) is 8.31. The Hall–Kier alpha value is -1.83. The van der Waals surface area contributed by atoms with E-state index in [0.29, 0.717) is 25.9 Å². The van der Waals surface area contributed by atoms with Crippen molar-refractivity contribution >= 4 is 47.7 Å². The van der Waals surface area contributed by atoms with Gasteiger partial charge in [0.2, 0.25) is 11.8 Å². The Bertz CT molecular complexity index is 857. The highest BCUT2D eigenvalue weighted by atomic mass is 35.5. The van der Waals surface area contributed by atoms with Crippen LogP contribution >= 0.6 is 24.8 Å². The second-order valence-electron chi connectivity index (χ2n) is 7.55. The van der Waals surface area contributed by atoms with Gasteiger partial charge in [0.25, 0.3) is 0 Å². The summed E-state index contributed by atoms with van der Waals surface area (Å²) in [6.07, 6.45) is 3.00. The molecule has 7 nitrogen and oxygen atoms in total. The number of likely N-dealkylation sites (tertiary alicyclic amines) is 1. The van der Waals surface area contributed by atoms with Crippen molar-refractivity contribution in [2.24, 2.45) is 0 Å². The fourth-order valence-corrected chi connectivity index (χ4v) is 4.17. The number of carbonyl (C=O) groups is 2. The molecular weight excluding hydrogens is 413 g/mol. The number of piperidine rings is 1. The number of nitrogens with zero attached hydrogens (tertiary/aromatic N) is 3. The van der Waals surface area contributed by atoms with Crippen LogP contribution < -0.4 is 5.32 Å². The van der Waals surface area contributed by atoms with Crippen molar-refractivity contribution in [2.45, 2.75) is 38.6 Å². The molecule has 2 N–H and O–H groups in total. The molecule has 1 aromatic heterocycles. The number of nitrogens with one attached hydrogen (secondary N) is 2. The molecule has 2 aliphatic heterocycles. The van der Waals surface area contributed by atoms with E-state index in [1.165, 1.54) is 0 Å². The molecule has 2 amide bonds. The number of halogens is 2. The number of piperazine rings is 1. The Morgan fingerprint density at radius 3 is 2.86 bits per heavy atom. The van der Waals surface area contributed by atoms with Crippen LogP contribution in [0.5, 0.6) is 0 Å². The maximum atomic E-state index is 12.7. The van der Waals surface area contributed by atoms with Crippen LogP contribution in [0.2, 0.25) is 0 Å². The lowest BCUT2D eigenvalue weighted by Gasteiger charge is -2.41. The summed E-state index contributed by atoms with van der Waals surface area (Å²) in [5.74, 6) is 1.16. The van der Waals surface area contributed by atoms with Gasteiger partial charge in [-0.1, -0.05) is 12.1 Å². The van der Waals surface area contributed by atoms with Crippen molar-refractivity contribution in [1.82, 2.24) is 25.1 Å². The SMILES string of the molecule is Cc1cccc2[nH]c(CCC(=O)N3CCCC(N4CCNCC4=O)C3)nc12.Cl.Cl. The van der Waals surface area contributed by atoms with Gasteiger partial charge in [-0.2, -0.15) is 0 Å². The summed E-state index contributed by atoms with van der Waals surface area (Å²) in [6, 6.07) is 6.23. The fourth-order valence-electron chi connectivity index (χ4n) is 4.17. The molecule has 29 heavy (non-hydrogen) atoms. The molecule has 1 aromatic carbocycles. The zero-order valence-electron chi connectivity index (χ0n) is 16.6. The number of carbonyl (C=O) groups excluding carboxylic acids is 2. The number of hydrogen-bond donors (Lipinski definition) is 2. The van der Waals surface area contributed by atoms with Gasteiger partial charge in [0, 0.05) is 45.1 Å². The first kappa shape index (κ1) is 23.4. The van der Waals surface area contributed by atoms with Crippen LogP contribution in [0.15, 0.2) is 18.2 Å². The molecule has 4 rings (SSSR count). The number of imidazole rings is 1. The summed E-state index contributed by atoms with van der Waals surface area (Å²) in [7, 11) is 0. The Balaban J connectivity index is 0.00000150. The van der Waals surface area contributed by atoms with E-state index in [-0.39, 0.29) is 42.7 Å². The van der Waals surface area contributed by atoms with Gasteiger partial charge in [0.1, 0.15) is 5.82 Å². The number of hydrogen-bond acceptors (Lipinski definition) is 4. The highest BCUT2D eigenvalue weighted by Crippen LogP contribution is 2.19. The van der Waals surface area contributed by atoms with Gasteiger partial charge in [-0.15, -0.1) is 24.8 Å². The molecule has 2 fully saturated rings. The zero-order chi connectivity index (χ0) is 18.8. The average Bonchev–Trinajstić information content (AvgIpc) is 3.11. The van der Waals surface area contributed by atoms with E-state index in [2.05, 4.69) is 15.3 Å². The monoisotopic (exact) mass is 441 g/mol. The van der Waals surface area contributed by atoms with Crippen molar-refractivity contribution in [1.29, 1.82) is 0 Å². The van der Waals surface area contributed by atoms with Crippen molar-refractivity contribution in [3.63, 3.8) is 0 Å². The molecule has 3 heterocycles. The molecule has 160 valence electrons. The summed E-state index contributed by atoms with van der Waals surface area (Å²) >= 11 is 0. The van der Waals surface area contributed by atoms with Gasteiger partial charge < -0.3 is 20.1 Å². The van der Waals surface area contributed by atoms with Gasteiger partial charge in [-0.05, 0) is 31.4 Å². The Labute approximate surface area is 183 Å². The summed E-state index contributed by atoms with van der Waals surface area (Å²) in [6.45, 7) is 5.48. The molecule has 2 saturated heterocycles. The lowest BCUT2D eigenvalue weighted by molar-refractivity contribution is -0.140. The minimum absolute atomic E-state index is 0. The lowest BCUT2D eigenvalue weighted by Crippen LogP contribution is -2.57. The number of benzene rings is 1. The van der Waals surface area contributed by atoms with E-state index >= 15 is 0 Å². The molecule has 0 bridgehead atoms. The lowest BCUT2D eigenvalue weighted by atomic mass is 10.0. The summed E-state index contributed by atoms with van der Waals surface area (Å²) in [5.41, 5.74) is 3.14. The van der Waals surface area contributed by atoms with Gasteiger partial charge in [-0.25, -0.2) is 4.98 Å². The molecule has 0 spiro atoms. The number of aromatic nitrogens is 2. The van der Waals surface area contributed by atoms with Gasteiger partial charge in [-0.3, -0.25) is 9.59 Å².